The molecule has 0 saturated heterocycles. The first-order valence-electron chi connectivity index (χ1n) is 8.37. The molecule has 0 bridgehead atoms. The van der Waals surface area contributed by atoms with E-state index in [1.807, 2.05) is 13.8 Å². The fourth-order valence-electron chi connectivity index (χ4n) is 2.99. The average molecular weight is 367 g/mol. The molecule has 0 aromatic heterocycles. The number of aliphatic carboxylic acids is 1. The van der Waals surface area contributed by atoms with Crippen molar-refractivity contribution in [1.82, 2.24) is 10.6 Å². The van der Waals surface area contributed by atoms with E-state index in [0.717, 1.165) is 0 Å². The van der Waals surface area contributed by atoms with Crippen molar-refractivity contribution in [1.29, 1.82) is 0 Å². The van der Waals surface area contributed by atoms with Crippen molar-refractivity contribution in [2.75, 3.05) is 0 Å². The molecule has 0 radical (unpaired) electrons. The number of nitrogens with one attached hydrogen (secondary N) is 2. The zero-order valence-electron chi connectivity index (χ0n) is 14.3. The molecule has 6 nitrogen and oxygen atoms in total. The van der Waals surface area contributed by atoms with Crippen molar-refractivity contribution >= 4 is 29.4 Å². The highest BCUT2D eigenvalue weighted by atomic mass is 35.5. The van der Waals surface area contributed by atoms with Crippen LogP contribution in [-0.2, 0) is 9.59 Å². The monoisotopic (exact) mass is 366 g/mol. The summed E-state index contributed by atoms with van der Waals surface area (Å²) in [5.74, 6) is -1.97. The summed E-state index contributed by atoms with van der Waals surface area (Å²) in [6.07, 6.45) is 1.62. The highest BCUT2D eigenvalue weighted by molar-refractivity contribution is 6.30. The van der Waals surface area contributed by atoms with Crippen LogP contribution >= 0.6 is 11.6 Å². The van der Waals surface area contributed by atoms with Crippen molar-refractivity contribution in [3.05, 3.63) is 34.9 Å². The van der Waals surface area contributed by atoms with E-state index in [2.05, 4.69) is 10.6 Å². The van der Waals surface area contributed by atoms with E-state index in [9.17, 15) is 14.4 Å². The summed E-state index contributed by atoms with van der Waals surface area (Å²) < 4.78 is 0. The fraction of sp³-hybridized carbons (Fsp3) is 0.500. The average Bonchev–Trinajstić information content (AvgIpc) is 3.01. The van der Waals surface area contributed by atoms with Crippen LogP contribution in [0.15, 0.2) is 24.3 Å². The maximum atomic E-state index is 12.5. The van der Waals surface area contributed by atoms with E-state index in [4.69, 9.17) is 16.7 Å². The molecule has 1 aliphatic rings. The van der Waals surface area contributed by atoms with E-state index < -0.39 is 17.9 Å². The first-order chi connectivity index (χ1) is 11.8. The van der Waals surface area contributed by atoms with Gasteiger partial charge in [-0.05, 0) is 49.4 Å². The summed E-state index contributed by atoms with van der Waals surface area (Å²) in [4.78, 5) is 35.9. The number of hydrogen-bond acceptors (Lipinski definition) is 3. The van der Waals surface area contributed by atoms with E-state index in [1.54, 1.807) is 24.3 Å². The molecule has 1 aromatic carbocycles. The third kappa shape index (κ3) is 5.19. The summed E-state index contributed by atoms with van der Waals surface area (Å²) in [7, 11) is 0. The van der Waals surface area contributed by atoms with Crippen LogP contribution in [0.25, 0.3) is 0 Å². The van der Waals surface area contributed by atoms with Crippen LogP contribution in [0.3, 0.4) is 0 Å². The largest absolute Gasteiger partial charge is 0.481 e. The number of hydrogen-bond donors (Lipinski definition) is 3. The molecular formula is C18H23ClN2O4. The Balaban J connectivity index is 1.97. The lowest BCUT2D eigenvalue weighted by atomic mass is 10.0. The van der Waals surface area contributed by atoms with Gasteiger partial charge in [-0.15, -0.1) is 0 Å². The Morgan fingerprint density at radius 3 is 2.32 bits per heavy atom. The van der Waals surface area contributed by atoms with Crippen LogP contribution in [0.2, 0.25) is 5.02 Å². The summed E-state index contributed by atoms with van der Waals surface area (Å²) >= 11 is 5.81. The number of carboxylic acids is 1. The molecule has 136 valence electrons. The van der Waals surface area contributed by atoms with Gasteiger partial charge in [0.2, 0.25) is 5.91 Å². The number of amides is 2. The van der Waals surface area contributed by atoms with Crippen molar-refractivity contribution < 1.29 is 19.5 Å². The first-order valence-corrected chi connectivity index (χ1v) is 8.75. The van der Waals surface area contributed by atoms with Crippen LogP contribution in [0, 0.1) is 11.8 Å². The summed E-state index contributed by atoms with van der Waals surface area (Å²) in [6.45, 7) is 3.70. The normalized spacial score (nSPS) is 21.0. The van der Waals surface area contributed by atoms with Gasteiger partial charge in [0, 0.05) is 16.6 Å². The van der Waals surface area contributed by atoms with Crippen LogP contribution in [-0.4, -0.2) is 35.0 Å². The molecule has 0 spiro atoms. The first kappa shape index (κ1) is 19.2. The van der Waals surface area contributed by atoms with Gasteiger partial charge in [-0.2, -0.15) is 0 Å². The summed E-state index contributed by atoms with van der Waals surface area (Å²) in [6, 6.07) is 5.58. The maximum absolute atomic E-state index is 12.5. The van der Waals surface area contributed by atoms with Crippen LogP contribution in [0.5, 0.6) is 0 Å². The summed E-state index contributed by atoms with van der Waals surface area (Å²) in [5.41, 5.74) is 0.426. The Morgan fingerprint density at radius 2 is 1.80 bits per heavy atom. The van der Waals surface area contributed by atoms with Gasteiger partial charge >= 0.3 is 5.97 Å². The molecule has 1 saturated carbocycles. The van der Waals surface area contributed by atoms with Gasteiger partial charge in [0.1, 0.15) is 6.04 Å². The SMILES string of the molecule is CC(C)C(NC(=O)c1ccc(Cl)cc1)C(=O)N[C@@H]1CC[C@H](C(=O)O)C1. The highest BCUT2D eigenvalue weighted by Crippen LogP contribution is 2.25. The minimum atomic E-state index is -0.826. The minimum Gasteiger partial charge on any atom is -0.481 e. The molecule has 2 rings (SSSR count). The van der Waals surface area contributed by atoms with Gasteiger partial charge in [-0.1, -0.05) is 25.4 Å². The molecular weight excluding hydrogens is 344 g/mol. The molecule has 2 amide bonds. The molecule has 25 heavy (non-hydrogen) atoms. The number of benzene rings is 1. The van der Waals surface area contributed by atoms with Crippen molar-refractivity contribution in [2.24, 2.45) is 11.8 Å². The lowest BCUT2D eigenvalue weighted by Gasteiger charge is -2.24. The van der Waals surface area contributed by atoms with Gasteiger partial charge in [-0.25, -0.2) is 0 Å². The predicted octanol–water partition coefficient (Wildman–Crippen LogP) is 2.46. The molecule has 0 aliphatic heterocycles. The second-order valence-electron chi connectivity index (χ2n) is 6.76. The Morgan fingerprint density at radius 1 is 1.16 bits per heavy atom. The van der Waals surface area contributed by atoms with E-state index in [0.29, 0.717) is 29.8 Å². The molecule has 1 aliphatic carbocycles. The molecule has 7 heteroatoms. The number of carbonyl (C=O) groups excluding carboxylic acids is 2. The van der Waals surface area contributed by atoms with Crippen molar-refractivity contribution in [2.45, 2.75) is 45.2 Å². The molecule has 1 unspecified atom stereocenters. The number of halogens is 1. The maximum Gasteiger partial charge on any atom is 0.306 e. The lowest BCUT2D eigenvalue weighted by Crippen LogP contribution is -2.51. The zero-order valence-corrected chi connectivity index (χ0v) is 15.0. The molecule has 0 heterocycles. The Kier molecular flexibility index (Phi) is 6.42. The Hall–Kier alpha value is -2.08. The molecule has 3 N–H and O–H groups in total. The van der Waals surface area contributed by atoms with Crippen LogP contribution in [0.1, 0.15) is 43.5 Å². The van der Waals surface area contributed by atoms with Gasteiger partial charge in [0.05, 0.1) is 5.92 Å². The smallest absolute Gasteiger partial charge is 0.306 e. The molecule has 1 aromatic rings. The topological polar surface area (TPSA) is 95.5 Å². The number of carboxylic acid groups (broad SMARTS) is 1. The standard InChI is InChI=1S/C18H23ClN2O4/c1-10(2)15(21-16(22)11-3-6-13(19)7-4-11)17(23)20-14-8-5-12(9-14)18(24)25/h3-4,6-7,10,12,14-15H,5,8-9H2,1-2H3,(H,20,23)(H,21,22)(H,24,25)/t12-,14+,15?/m0/s1. The quantitative estimate of drug-likeness (QED) is 0.720. The van der Waals surface area contributed by atoms with E-state index >= 15 is 0 Å². The van der Waals surface area contributed by atoms with Gasteiger partial charge < -0.3 is 15.7 Å². The Bertz CT molecular complexity index is 645. The fourth-order valence-corrected chi connectivity index (χ4v) is 3.11. The van der Waals surface area contributed by atoms with E-state index in [1.165, 1.54) is 0 Å². The number of carbonyl (C=O) groups is 3. The lowest BCUT2D eigenvalue weighted by molar-refractivity contribution is -0.141. The van der Waals surface area contributed by atoms with Crippen LogP contribution < -0.4 is 10.6 Å². The summed E-state index contributed by atoms with van der Waals surface area (Å²) in [5, 5.41) is 15.2. The third-order valence-electron chi connectivity index (χ3n) is 4.47. The number of rotatable bonds is 6. The third-order valence-corrected chi connectivity index (χ3v) is 4.72. The van der Waals surface area contributed by atoms with Gasteiger partial charge in [0.25, 0.3) is 5.91 Å². The van der Waals surface area contributed by atoms with Crippen molar-refractivity contribution in [3.63, 3.8) is 0 Å². The zero-order chi connectivity index (χ0) is 18.6. The van der Waals surface area contributed by atoms with Crippen molar-refractivity contribution in [3.8, 4) is 0 Å². The molecule has 1 fully saturated rings. The minimum absolute atomic E-state index is 0.104. The van der Waals surface area contributed by atoms with Gasteiger partial charge in [-0.3, -0.25) is 14.4 Å². The second kappa shape index (κ2) is 8.34. The highest BCUT2D eigenvalue weighted by Gasteiger charge is 2.33. The predicted molar refractivity (Wildman–Crippen MR) is 94.5 cm³/mol. The van der Waals surface area contributed by atoms with Crippen LogP contribution in [0.4, 0.5) is 0 Å². The Labute approximate surface area is 151 Å². The second-order valence-corrected chi connectivity index (χ2v) is 7.19. The van der Waals surface area contributed by atoms with Gasteiger partial charge in [0.15, 0.2) is 0 Å². The molecule has 3 atom stereocenters. The van der Waals surface area contributed by atoms with E-state index in [-0.39, 0.29) is 23.8 Å².